The molecule has 0 aliphatic carbocycles. The van der Waals surface area contributed by atoms with Gasteiger partial charge in [-0.2, -0.15) is 0 Å². The molecule has 2 heterocycles. The molecule has 4 N–H and O–H groups in total. The third kappa shape index (κ3) is 2.35. The lowest BCUT2D eigenvalue weighted by Gasteiger charge is -2.04. The standard InChI is InChI=1S/C15H15FN4/c16-11-2-3-12-13(9-19-14(12)7-11)10-1-4-15(20-8-10)18-6-5-17/h1-4,7-9,19H,5-6,17H2,(H,18,20). The second-order valence-corrected chi connectivity index (χ2v) is 4.54. The van der Waals surface area contributed by atoms with Gasteiger partial charge in [-0.3, -0.25) is 0 Å². The molecule has 0 bridgehead atoms. The maximum absolute atomic E-state index is 13.2. The molecule has 0 radical (unpaired) electrons. The zero-order valence-electron chi connectivity index (χ0n) is 10.9. The third-order valence-electron chi connectivity index (χ3n) is 3.17. The molecule has 1 aromatic carbocycles. The van der Waals surface area contributed by atoms with Crippen molar-refractivity contribution in [2.45, 2.75) is 0 Å². The highest BCUT2D eigenvalue weighted by atomic mass is 19.1. The van der Waals surface area contributed by atoms with E-state index in [4.69, 9.17) is 5.73 Å². The zero-order valence-corrected chi connectivity index (χ0v) is 10.9. The SMILES string of the molecule is NCCNc1ccc(-c2c[nH]c3cc(F)ccc23)cn1. The molecule has 0 amide bonds. The summed E-state index contributed by atoms with van der Waals surface area (Å²) in [6, 6.07) is 8.62. The maximum Gasteiger partial charge on any atom is 0.125 e. The third-order valence-corrected chi connectivity index (χ3v) is 3.17. The second kappa shape index (κ2) is 5.30. The van der Waals surface area contributed by atoms with E-state index in [0.717, 1.165) is 27.8 Å². The van der Waals surface area contributed by atoms with Crippen LogP contribution in [0.25, 0.3) is 22.0 Å². The zero-order chi connectivity index (χ0) is 13.9. The Labute approximate surface area is 115 Å². The van der Waals surface area contributed by atoms with Crippen molar-refractivity contribution in [2.24, 2.45) is 5.73 Å². The van der Waals surface area contributed by atoms with Crippen LogP contribution < -0.4 is 11.1 Å². The number of halogens is 1. The number of nitrogens with zero attached hydrogens (tertiary/aromatic N) is 1. The summed E-state index contributed by atoms with van der Waals surface area (Å²) in [5.74, 6) is 0.551. The first-order valence-corrected chi connectivity index (χ1v) is 6.45. The molecule has 0 spiro atoms. The Bertz CT molecular complexity index is 718. The summed E-state index contributed by atoms with van der Waals surface area (Å²) in [5.41, 5.74) is 8.21. The number of pyridine rings is 1. The number of nitrogens with two attached hydrogens (primary N) is 1. The van der Waals surface area contributed by atoms with Crippen molar-refractivity contribution in [1.29, 1.82) is 0 Å². The summed E-state index contributed by atoms with van der Waals surface area (Å²) in [6.07, 6.45) is 3.67. The van der Waals surface area contributed by atoms with Gasteiger partial charge < -0.3 is 16.0 Å². The number of benzene rings is 1. The molecule has 0 unspecified atom stereocenters. The fraction of sp³-hybridized carbons (Fsp3) is 0.133. The first kappa shape index (κ1) is 12.6. The Hall–Kier alpha value is -2.40. The van der Waals surface area contributed by atoms with Crippen molar-refractivity contribution >= 4 is 16.7 Å². The number of aromatic nitrogens is 2. The van der Waals surface area contributed by atoms with Crippen molar-refractivity contribution < 1.29 is 4.39 Å². The molecule has 20 heavy (non-hydrogen) atoms. The predicted molar refractivity (Wildman–Crippen MR) is 79.0 cm³/mol. The Morgan fingerprint density at radius 1 is 1.25 bits per heavy atom. The van der Waals surface area contributed by atoms with Gasteiger partial charge in [-0.1, -0.05) is 0 Å². The van der Waals surface area contributed by atoms with E-state index in [1.165, 1.54) is 12.1 Å². The molecule has 3 rings (SSSR count). The van der Waals surface area contributed by atoms with Crippen molar-refractivity contribution in [3.63, 3.8) is 0 Å². The lowest BCUT2D eigenvalue weighted by molar-refractivity contribution is 0.629. The largest absolute Gasteiger partial charge is 0.369 e. The molecule has 0 atom stereocenters. The molecule has 0 aliphatic rings. The Balaban J connectivity index is 1.94. The fourth-order valence-corrected chi connectivity index (χ4v) is 2.20. The highest BCUT2D eigenvalue weighted by Gasteiger charge is 2.07. The molecular weight excluding hydrogens is 255 g/mol. The summed E-state index contributed by atoms with van der Waals surface area (Å²) < 4.78 is 13.2. The van der Waals surface area contributed by atoms with Gasteiger partial charge in [-0.05, 0) is 30.3 Å². The van der Waals surface area contributed by atoms with Gasteiger partial charge in [-0.15, -0.1) is 0 Å². The summed E-state index contributed by atoms with van der Waals surface area (Å²) in [4.78, 5) is 7.42. The van der Waals surface area contributed by atoms with Gasteiger partial charge in [0.05, 0.1) is 0 Å². The van der Waals surface area contributed by atoms with Gasteiger partial charge in [0.15, 0.2) is 0 Å². The molecule has 4 nitrogen and oxygen atoms in total. The minimum absolute atomic E-state index is 0.245. The first-order chi connectivity index (χ1) is 9.78. The molecule has 0 aliphatic heterocycles. The number of nitrogens with one attached hydrogen (secondary N) is 2. The van der Waals surface area contributed by atoms with Crippen LogP contribution in [0.2, 0.25) is 0 Å². The quantitative estimate of drug-likeness (QED) is 0.683. The van der Waals surface area contributed by atoms with E-state index in [1.807, 2.05) is 18.3 Å². The maximum atomic E-state index is 13.2. The lowest BCUT2D eigenvalue weighted by atomic mass is 10.1. The molecule has 0 fully saturated rings. The van der Waals surface area contributed by atoms with Crippen LogP contribution in [0.4, 0.5) is 10.2 Å². The Kier molecular flexibility index (Phi) is 3.35. The highest BCUT2D eigenvalue weighted by molar-refractivity contribution is 5.95. The molecule has 2 aromatic heterocycles. The van der Waals surface area contributed by atoms with Crippen LogP contribution >= 0.6 is 0 Å². The van der Waals surface area contributed by atoms with Crippen LogP contribution in [0.1, 0.15) is 0 Å². The molecule has 5 heteroatoms. The predicted octanol–water partition coefficient (Wildman–Crippen LogP) is 2.74. The number of hydrogen-bond acceptors (Lipinski definition) is 3. The molecule has 3 aromatic rings. The summed E-state index contributed by atoms with van der Waals surface area (Å²) >= 11 is 0. The fourth-order valence-electron chi connectivity index (χ4n) is 2.20. The van der Waals surface area contributed by atoms with Crippen molar-refractivity contribution in [3.8, 4) is 11.1 Å². The number of rotatable bonds is 4. The molecular formula is C15H15FN4. The van der Waals surface area contributed by atoms with E-state index in [1.54, 1.807) is 12.3 Å². The van der Waals surface area contributed by atoms with Gasteiger partial charge in [0.1, 0.15) is 11.6 Å². The summed E-state index contributed by atoms with van der Waals surface area (Å²) in [5, 5.41) is 4.10. The van der Waals surface area contributed by atoms with Gasteiger partial charge in [0.2, 0.25) is 0 Å². The monoisotopic (exact) mass is 270 g/mol. The van der Waals surface area contributed by atoms with E-state index < -0.39 is 0 Å². The van der Waals surface area contributed by atoms with Crippen molar-refractivity contribution in [2.75, 3.05) is 18.4 Å². The van der Waals surface area contributed by atoms with Crippen LogP contribution in [0.5, 0.6) is 0 Å². The van der Waals surface area contributed by atoms with Crippen molar-refractivity contribution in [3.05, 3.63) is 48.5 Å². The number of anilines is 1. The van der Waals surface area contributed by atoms with Crippen LogP contribution in [0.3, 0.4) is 0 Å². The molecule has 0 saturated heterocycles. The van der Waals surface area contributed by atoms with Crippen molar-refractivity contribution in [1.82, 2.24) is 9.97 Å². The average molecular weight is 270 g/mol. The molecule has 0 saturated carbocycles. The van der Waals surface area contributed by atoms with E-state index >= 15 is 0 Å². The summed E-state index contributed by atoms with van der Waals surface area (Å²) in [7, 11) is 0. The van der Waals surface area contributed by atoms with Gasteiger partial charge in [0, 0.05) is 47.5 Å². The Morgan fingerprint density at radius 2 is 2.15 bits per heavy atom. The summed E-state index contributed by atoms with van der Waals surface area (Å²) in [6.45, 7) is 1.26. The minimum Gasteiger partial charge on any atom is -0.369 e. The second-order valence-electron chi connectivity index (χ2n) is 4.54. The number of aromatic amines is 1. The first-order valence-electron chi connectivity index (χ1n) is 6.45. The van der Waals surface area contributed by atoms with Crippen LogP contribution in [0, 0.1) is 5.82 Å². The van der Waals surface area contributed by atoms with Gasteiger partial charge in [-0.25, -0.2) is 9.37 Å². The topological polar surface area (TPSA) is 66.7 Å². The van der Waals surface area contributed by atoms with Crippen LogP contribution in [-0.2, 0) is 0 Å². The number of fused-ring (bicyclic) bond motifs is 1. The van der Waals surface area contributed by atoms with Gasteiger partial charge >= 0.3 is 0 Å². The van der Waals surface area contributed by atoms with E-state index in [-0.39, 0.29) is 5.82 Å². The normalized spacial score (nSPS) is 10.9. The average Bonchev–Trinajstić information content (AvgIpc) is 2.88. The highest BCUT2D eigenvalue weighted by Crippen LogP contribution is 2.28. The lowest BCUT2D eigenvalue weighted by Crippen LogP contribution is -2.13. The van der Waals surface area contributed by atoms with E-state index in [9.17, 15) is 4.39 Å². The Morgan fingerprint density at radius 3 is 2.90 bits per heavy atom. The molecule has 102 valence electrons. The number of H-pyrrole nitrogens is 1. The van der Waals surface area contributed by atoms with Gasteiger partial charge in [0.25, 0.3) is 0 Å². The number of hydrogen-bond donors (Lipinski definition) is 3. The van der Waals surface area contributed by atoms with Crippen LogP contribution in [-0.4, -0.2) is 23.1 Å². The van der Waals surface area contributed by atoms with E-state index in [0.29, 0.717) is 13.1 Å². The smallest absolute Gasteiger partial charge is 0.125 e. The van der Waals surface area contributed by atoms with E-state index in [2.05, 4.69) is 15.3 Å². The van der Waals surface area contributed by atoms with Crippen LogP contribution in [0.15, 0.2) is 42.7 Å². The minimum atomic E-state index is -0.245.